The highest BCUT2D eigenvalue weighted by Gasteiger charge is 2.25. The lowest BCUT2D eigenvalue weighted by Crippen LogP contribution is -2.22. The van der Waals surface area contributed by atoms with Crippen LogP contribution in [0.1, 0.15) is 32.6 Å². The summed E-state index contributed by atoms with van der Waals surface area (Å²) in [5.41, 5.74) is 0.824. The van der Waals surface area contributed by atoms with E-state index >= 15 is 0 Å². The van der Waals surface area contributed by atoms with Crippen molar-refractivity contribution in [3.05, 3.63) is 18.6 Å². The number of imidazole rings is 1. The van der Waals surface area contributed by atoms with Gasteiger partial charge < -0.3 is 20.1 Å². The fraction of sp³-hybridized carbons (Fsp3) is 0.600. The molecular formula is C15H23N5O. The van der Waals surface area contributed by atoms with Gasteiger partial charge in [-0.3, -0.25) is 0 Å². The van der Waals surface area contributed by atoms with E-state index in [1.165, 1.54) is 0 Å². The predicted molar refractivity (Wildman–Crippen MR) is 83.6 cm³/mol. The van der Waals surface area contributed by atoms with Crippen molar-refractivity contribution in [1.29, 1.82) is 0 Å². The maximum absolute atomic E-state index is 9.92. The van der Waals surface area contributed by atoms with E-state index in [4.69, 9.17) is 0 Å². The molecule has 6 nitrogen and oxygen atoms in total. The maximum atomic E-state index is 9.92. The van der Waals surface area contributed by atoms with Crippen LogP contribution in [0.3, 0.4) is 0 Å². The molecule has 1 aliphatic rings. The van der Waals surface area contributed by atoms with E-state index in [0.717, 1.165) is 56.1 Å². The smallest absolute Gasteiger partial charge is 0.180 e. The molecule has 2 aromatic rings. The molecule has 0 spiro atoms. The first-order valence-electron chi connectivity index (χ1n) is 7.77. The lowest BCUT2D eigenvalue weighted by atomic mass is 10.1. The van der Waals surface area contributed by atoms with Crippen LogP contribution in [0.5, 0.6) is 0 Å². The van der Waals surface area contributed by atoms with Crippen molar-refractivity contribution < 1.29 is 5.11 Å². The molecule has 0 bridgehead atoms. The van der Waals surface area contributed by atoms with Gasteiger partial charge in [-0.15, -0.1) is 0 Å². The van der Waals surface area contributed by atoms with E-state index in [2.05, 4.69) is 27.5 Å². The number of aromatic nitrogens is 3. The van der Waals surface area contributed by atoms with Gasteiger partial charge in [0.25, 0.3) is 0 Å². The zero-order chi connectivity index (χ0) is 14.7. The lowest BCUT2D eigenvalue weighted by molar-refractivity contribution is 0.138. The molecule has 2 heterocycles. The topological polar surface area (TPSA) is 74.5 Å². The average Bonchev–Trinajstić information content (AvgIpc) is 3.11. The Balaban J connectivity index is 1.77. The van der Waals surface area contributed by atoms with Gasteiger partial charge >= 0.3 is 0 Å². The minimum Gasteiger partial charge on any atom is -0.393 e. The lowest BCUT2D eigenvalue weighted by Gasteiger charge is -2.16. The van der Waals surface area contributed by atoms with Gasteiger partial charge in [0, 0.05) is 31.4 Å². The molecule has 2 atom stereocenters. The molecule has 0 radical (unpaired) electrons. The second-order valence-electron chi connectivity index (χ2n) is 5.70. The van der Waals surface area contributed by atoms with Crippen LogP contribution in [0.4, 0.5) is 11.6 Å². The summed E-state index contributed by atoms with van der Waals surface area (Å²) in [4.78, 5) is 8.96. The van der Waals surface area contributed by atoms with Crippen molar-refractivity contribution in [2.45, 2.75) is 38.7 Å². The van der Waals surface area contributed by atoms with Crippen molar-refractivity contribution in [2.24, 2.45) is 5.92 Å². The zero-order valence-electron chi connectivity index (χ0n) is 12.4. The predicted octanol–water partition coefficient (Wildman–Crippen LogP) is 2.12. The number of aliphatic hydroxyl groups is 1. The first-order valence-corrected chi connectivity index (χ1v) is 7.77. The highest BCUT2D eigenvalue weighted by Crippen LogP contribution is 2.26. The van der Waals surface area contributed by atoms with Gasteiger partial charge in [-0.05, 0) is 19.3 Å². The standard InChI is InChI=1S/C15H23N5O/c1-2-6-16-13-10-20-8-7-17-15(20)14(19-13)18-9-11-4-3-5-12(11)21/h7-8,10-12,16,21H,2-6,9H2,1H3,(H,18,19). The molecule has 1 saturated carbocycles. The molecule has 3 N–H and O–H groups in total. The van der Waals surface area contributed by atoms with Gasteiger partial charge in [-0.2, -0.15) is 0 Å². The minimum atomic E-state index is -0.185. The molecule has 2 unspecified atom stereocenters. The summed E-state index contributed by atoms with van der Waals surface area (Å²) < 4.78 is 1.97. The second-order valence-corrected chi connectivity index (χ2v) is 5.70. The number of anilines is 2. The Kier molecular flexibility index (Phi) is 4.24. The number of aliphatic hydroxyl groups excluding tert-OH is 1. The van der Waals surface area contributed by atoms with Crippen molar-refractivity contribution in [1.82, 2.24) is 14.4 Å². The van der Waals surface area contributed by atoms with Crippen LogP contribution >= 0.6 is 0 Å². The van der Waals surface area contributed by atoms with Crippen LogP contribution in [0.2, 0.25) is 0 Å². The second kappa shape index (κ2) is 6.30. The minimum absolute atomic E-state index is 0.185. The van der Waals surface area contributed by atoms with Gasteiger partial charge in [0.2, 0.25) is 0 Å². The fourth-order valence-corrected chi connectivity index (χ4v) is 2.87. The molecule has 1 aliphatic carbocycles. The van der Waals surface area contributed by atoms with Gasteiger partial charge in [-0.1, -0.05) is 13.3 Å². The Hall–Kier alpha value is -1.82. The number of rotatable bonds is 6. The third-order valence-electron chi connectivity index (χ3n) is 4.08. The van der Waals surface area contributed by atoms with Gasteiger partial charge in [0.1, 0.15) is 5.82 Å². The van der Waals surface area contributed by atoms with Crippen LogP contribution in [0.15, 0.2) is 18.6 Å². The van der Waals surface area contributed by atoms with Crippen molar-refractivity contribution in [3.63, 3.8) is 0 Å². The van der Waals surface area contributed by atoms with E-state index in [0.29, 0.717) is 5.92 Å². The summed E-state index contributed by atoms with van der Waals surface area (Å²) in [5, 5.41) is 16.6. The Morgan fingerprint density at radius 2 is 2.29 bits per heavy atom. The first-order chi connectivity index (χ1) is 10.3. The third kappa shape index (κ3) is 3.10. The molecule has 0 aromatic carbocycles. The van der Waals surface area contributed by atoms with E-state index in [-0.39, 0.29) is 6.10 Å². The van der Waals surface area contributed by atoms with Gasteiger partial charge in [0.05, 0.1) is 12.3 Å². The maximum Gasteiger partial charge on any atom is 0.180 e. The highest BCUT2D eigenvalue weighted by molar-refractivity contribution is 5.65. The van der Waals surface area contributed by atoms with Crippen molar-refractivity contribution >= 4 is 17.3 Å². The average molecular weight is 289 g/mol. The number of nitrogens with one attached hydrogen (secondary N) is 2. The molecule has 0 amide bonds. The SMILES string of the molecule is CCCNc1cn2ccnc2c(NCC2CCCC2O)n1. The number of hydrogen-bond donors (Lipinski definition) is 3. The van der Waals surface area contributed by atoms with Crippen molar-refractivity contribution in [2.75, 3.05) is 23.7 Å². The van der Waals surface area contributed by atoms with Gasteiger partial charge in [-0.25, -0.2) is 9.97 Å². The summed E-state index contributed by atoms with van der Waals surface area (Å²) in [7, 11) is 0. The third-order valence-corrected chi connectivity index (χ3v) is 4.08. The summed E-state index contributed by atoms with van der Waals surface area (Å²) in [6.07, 6.45) is 9.62. The molecule has 21 heavy (non-hydrogen) atoms. The van der Waals surface area contributed by atoms with Crippen LogP contribution in [-0.4, -0.2) is 38.7 Å². The Morgan fingerprint density at radius 1 is 1.38 bits per heavy atom. The van der Waals surface area contributed by atoms with Crippen molar-refractivity contribution in [3.8, 4) is 0 Å². The summed E-state index contributed by atoms with van der Waals surface area (Å²) >= 11 is 0. The number of nitrogens with zero attached hydrogens (tertiary/aromatic N) is 3. The molecule has 0 aliphatic heterocycles. The number of fused-ring (bicyclic) bond motifs is 1. The fourth-order valence-electron chi connectivity index (χ4n) is 2.87. The Morgan fingerprint density at radius 3 is 3.05 bits per heavy atom. The van der Waals surface area contributed by atoms with Crippen LogP contribution < -0.4 is 10.6 Å². The first kappa shape index (κ1) is 14.1. The Bertz CT molecular complexity index is 597. The molecular weight excluding hydrogens is 266 g/mol. The van der Waals surface area contributed by atoms with E-state index in [9.17, 15) is 5.11 Å². The monoisotopic (exact) mass is 289 g/mol. The molecule has 0 saturated heterocycles. The molecule has 114 valence electrons. The van der Waals surface area contributed by atoms with Crippen LogP contribution in [0.25, 0.3) is 5.65 Å². The summed E-state index contributed by atoms with van der Waals surface area (Å²) in [6.45, 7) is 3.77. The quantitative estimate of drug-likeness (QED) is 0.759. The van der Waals surface area contributed by atoms with E-state index < -0.39 is 0 Å². The molecule has 1 fully saturated rings. The van der Waals surface area contributed by atoms with Gasteiger partial charge in [0.15, 0.2) is 11.5 Å². The zero-order valence-corrected chi connectivity index (χ0v) is 12.4. The summed E-state index contributed by atoms with van der Waals surface area (Å²) in [6, 6.07) is 0. The highest BCUT2D eigenvalue weighted by atomic mass is 16.3. The Labute approximate surface area is 124 Å². The van der Waals surface area contributed by atoms with E-state index in [1.807, 2.05) is 16.8 Å². The molecule has 2 aromatic heterocycles. The van der Waals surface area contributed by atoms with Crippen LogP contribution in [-0.2, 0) is 0 Å². The summed E-state index contributed by atoms with van der Waals surface area (Å²) in [5.74, 6) is 1.94. The molecule has 3 rings (SSSR count). The van der Waals surface area contributed by atoms with Crippen LogP contribution in [0, 0.1) is 5.92 Å². The molecule has 6 heteroatoms. The normalized spacial score (nSPS) is 21.8. The largest absolute Gasteiger partial charge is 0.393 e. The van der Waals surface area contributed by atoms with E-state index in [1.54, 1.807) is 6.20 Å². The number of hydrogen-bond acceptors (Lipinski definition) is 5.